The summed E-state index contributed by atoms with van der Waals surface area (Å²) in [7, 11) is 0. The Hall–Kier alpha value is -0.982. The molecule has 0 aromatic rings. The SMILES string of the molecule is CC(=O)/C=C(/C)[O-].NC1CCCCC1N.O=[N+]([O-])[O-].[Pt+2]. The minimum absolute atomic E-state index is 0. The summed E-state index contributed by atoms with van der Waals surface area (Å²) in [6, 6.07) is 0.562. The molecule has 0 heterocycles. The molecule has 1 rings (SSSR count). The van der Waals surface area contributed by atoms with Crippen LogP contribution in [-0.2, 0) is 25.9 Å². The van der Waals surface area contributed by atoms with Crippen LogP contribution in [0.15, 0.2) is 11.8 Å². The van der Waals surface area contributed by atoms with Crippen LogP contribution in [0.3, 0.4) is 0 Å². The molecule has 0 amide bonds. The number of carbonyl (C=O) groups excluding carboxylic acids is 1. The van der Waals surface area contributed by atoms with Gasteiger partial charge in [-0.3, -0.25) is 4.79 Å². The third-order valence-electron chi connectivity index (χ3n) is 2.28. The first kappa shape index (κ1) is 24.1. The van der Waals surface area contributed by atoms with Gasteiger partial charge >= 0.3 is 21.1 Å². The molecule has 1 aliphatic carbocycles. The zero-order chi connectivity index (χ0) is 15.4. The summed E-state index contributed by atoms with van der Waals surface area (Å²) in [5.41, 5.74) is 11.3. The Labute approximate surface area is 132 Å². The summed E-state index contributed by atoms with van der Waals surface area (Å²) in [4.78, 5) is 18.2. The molecule has 0 radical (unpaired) electrons. The molecule has 1 aliphatic rings. The predicted molar refractivity (Wildman–Crippen MR) is 69.2 cm³/mol. The van der Waals surface area contributed by atoms with Crippen LogP contribution in [0, 0.1) is 15.3 Å². The van der Waals surface area contributed by atoms with E-state index in [0.29, 0.717) is 0 Å². The predicted octanol–water partition coefficient (Wildman–Crippen LogP) is -0.187. The van der Waals surface area contributed by atoms with E-state index < -0.39 is 5.09 Å². The molecular weight excluding hydrogens is 449 g/mol. The van der Waals surface area contributed by atoms with Crippen molar-refractivity contribution < 1.29 is 36.1 Å². The van der Waals surface area contributed by atoms with Crippen molar-refractivity contribution in [3.05, 3.63) is 27.2 Å². The zero-order valence-electron chi connectivity index (χ0n) is 11.5. The van der Waals surface area contributed by atoms with Crippen molar-refractivity contribution in [3.8, 4) is 0 Å². The molecule has 2 unspecified atom stereocenters. The maximum Gasteiger partial charge on any atom is 2.00 e. The molecule has 0 spiro atoms. The molecule has 20 heavy (non-hydrogen) atoms. The summed E-state index contributed by atoms with van der Waals surface area (Å²) in [6.45, 7) is 2.70. The van der Waals surface area contributed by atoms with Gasteiger partial charge in [0.25, 0.3) is 0 Å². The molecule has 1 fully saturated rings. The number of nitrogens with zero attached hydrogens (tertiary/aromatic N) is 1. The maximum atomic E-state index is 9.98. The Morgan fingerprint density at radius 1 is 1.15 bits per heavy atom. The normalized spacial score (nSPS) is 21.1. The van der Waals surface area contributed by atoms with E-state index in [4.69, 9.17) is 26.8 Å². The summed E-state index contributed by atoms with van der Waals surface area (Å²) in [5.74, 6) is -0.375. The molecule has 0 aromatic carbocycles. The smallest absolute Gasteiger partial charge is 0.876 e. The molecule has 9 heteroatoms. The van der Waals surface area contributed by atoms with E-state index in [2.05, 4.69) is 0 Å². The molecule has 4 N–H and O–H groups in total. The van der Waals surface area contributed by atoms with E-state index in [-0.39, 0.29) is 44.7 Å². The first-order valence-corrected chi connectivity index (χ1v) is 5.85. The Bertz CT molecular complexity index is 294. The second-order valence-electron chi connectivity index (χ2n) is 4.20. The topological polar surface area (TPSA) is 158 Å². The maximum absolute atomic E-state index is 9.98. The number of allylic oxidation sites excluding steroid dienone is 2. The largest absolute Gasteiger partial charge is 2.00 e. The fraction of sp³-hybridized carbons (Fsp3) is 0.727. The Kier molecular flexibility index (Phi) is 17.4. The fourth-order valence-electron chi connectivity index (χ4n) is 1.47. The van der Waals surface area contributed by atoms with E-state index in [1.165, 1.54) is 26.7 Å². The Morgan fingerprint density at radius 3 is 1.55 bits per heavy atom. The first-order valence-electron chi connectivity index (χ1n) is 5.85. The monoisotopic (exact) mass is 470 g/mol. The Morgan fingerprint density at radius 2 is 1.45 bits per heavy atom. The van der Waals surface area contributed by atoms with Gasteiger partial charge in [-0.2, -0.15) is 0 Å². The van der Waals surface area contributed by atoms with Gasteiger partial charge in [-0.1, -0.05) is 19.8 Å². The summed E-state index contributed by atoms with van der Waals surface area (Å²) >= 11 is 0. The standard InChI is InChI=1S/C6H14N2.C5H8O2.NO3.Pt/c7-5-3-1-2-4-6(5)8;1-4(6)3-5(2)7;2-1(3)4;/h5-6H,1-4,7-8H2;3,6H,1-2H3;;/q;;-1;+2/p-1/b;4-3-;;. The van der Waals surface area contributed by atoms with Crippen molar-refractivity contribution in [1.29, 1.82) is 0 Å². The van der Waals surface area contributed by atoms with Gasteiger partial charge in [0.1, 0.15) is 0 Å². The van der Waals surface area contributed by atoms with Crippen molar-refractivity contribution in [3.63, 3.8) is 0 Å². The second-order valence-corrected chi connectivity index (χ2v) is 4.20. The van der Waals surface area contributed by atoms with Gasteiger partial charge in [0.2, 0.25) is 0 Å². The zero-order valence-corrected chi connectivity index (χ0v) is 13.8. The second kappa shape index (κ2) is 14.4. The van der Waals surface area contributed by atoms with Crippen molar-refractivity contribution in [1.82, 2.24) is 0 Å². The van der Waals surface area contributed by atoms with Crippen molar-refractivity contribution in [2.75, 3.05) is 0 Å². The van der Waals surface area contributed by atoms with Crippen molar-refractivity contribution >= 4 is 5.78 Å². The average Bonchev–Trinajstić information content (AvgIpc) is 2.20. The van der Waals surface area contributed by atoms with Gasteiger partial charge in [-0.25, -0.2) is 0 Å². The van der Waals surface area contributed by atoms with Crippen LogP contribution in [0.2, 0.25) is 0 Å². The molecule has 8 nitrogen and oxygen atoms in total. The quantitative estimate of drug-likeness (QED) is 0.233. The van der Waals surface area contributed by atoms with Crippen LogP contribution < -0.4 is 16.6 Å². The first-order chi connectivity index (χ1) is 8.66. The van der Waals surface area contributed by atoms with Crippen molar-refractivity contribution in [2.45, 2.75) is 51.6 Å². The number of hydrogen-bond acceptors (Lipinski definition) is 7. The molecule has 0 bridgehead atoms. The molecule has 0 aromatic heterocycles. The van der Waals surface area contributed by atoms with Crippen LogP contribution in [0.5, 0.6) is 0 Å². The molecular formula is C11H21N3O5Pt. The van der Waals surface area contributed by atoms with Gasteiger partial charge in [0.15, 0.2) is 5.78 Å². The molecule has 120 valence electrons. The van der Waals surface area contributed by atoms with E-state index in [9.17, 15) is 9.90 Å². The van der Waals surface area contributed by atoms with Crippen LogP contribution in [-0.4, -0.2) is 23.0 Å². The average molecular weight is 470 g/mol. The van der Waals surface area contributed by atoms with Gasteiger partial charge in [-0.05, 0) is 25.8 Å². The van der Waals surface area contributed by atoms with Gasteiger partial charge in [-0.15, -0.1) is 5.76 Å². The fourth-order valence-corrected chi connectivity index (χ4v) is 1.47. The van der Waals surface area contributed by atoms with E-state index in [1.807, 2.05) is 0 Å². The van der Waals surface area contributed by atoms with E-state index in [1.54, 1.807) is 0 Å². The minimum atomic E-state index is -1.75. The van der Waals surface area contributed by atoms with E-state index in [0.717, 1.165) is 18.9 Å². The van der Waals surface area contributed by atoms with Crippen molar-refractivity contribution in [2.24, 2.45) is 11.5 Å². The molecule has 0 aliphatic heterocycles. The van der Waals surface area contributed by atoms with Crippen LogP contribution in [0.25, 0.3) is 0 Å². The molecule has 2 atom stereocenters. The number of ketones is 1. The third-order valence-corrected chi connectivity index (χ3v) is 2.28. The van der Waals surface area contributed by atoms with Crippen LogP contribution >= 0.6 is 0 Å². The number of nitrogens with two attached hydrogens (primary N) is 2. The van der Waals surface area contributed by atoms with Crippen LogP contribution in [0.1, 0.15) is 39.5 Å². The van der Waals surface area contributed by atoms with E-state index >= 15 is 0 Å². The Balaban J connectivity index is -0.000000224. The molecule has 0 saturated heterocycles. The number of hydrogen-bond donors (Lipinski definition) is 2. The summed E-state index contributed by atoms with van der Waals surface area (Å²) in [5, 5.41) is 24.7. The third kappa shape index (κ3) is 22.2. The molecule has 1 saturated carbocycles. The van der Waals surface area contributed by atoms with Gasteiger partial charge in [0, 0.05) is 12.1 Å². The summed E-state index contributed by atoms with van der Waals surface area (Å²) < 4.78 is 0. The van der Waals surface area contributed by atoms with Crippen LogP contribution in [0.4, 0.5) is 0 Å². The van der Waals surface area contributed by atoms with Gasteiger partial charge in [0.05, 0.1) is 5.09 Å². The number of rotatable bonds is 1. The van der Waals surface area contributed by atoms with Gasteiger partial charge < -0.3 is 31.9 Å². The number of carbonyl (C=O) groups is 1. The summed E-state index contributed by atoms with van der Waals surface area (Å²) in [6.07, 6.45) is 5.85. The minimum Gasteiger partial charge on any atom is -0.876 e.